The molecule has 0 bridgehead atoms. The number of alkyl halides is 5. The maximum absolute atomic E-state index is 13.6. The van der Waals surface area contributed by atoms with Crippen molar-refractivity contribution < 1.29 is 40.7 Å². The molecular weight excluding hydrogens is 886 g/mol. The maximum atomic E-state index is 13.6. The molecule has 3 atom stereocenters. The minimum Gasteiger partial charge on any atom is -0.395 e. The fourth-order valence-electron chi connectivity index (χ4n) is 5.81. The highest BCUT2D eigenvalue weighted by atomic mass is 79.9. The number of allylic oxidation sites excluding steroid dienone is 8. The van der Waals surface area contributed by atoms with Crippen molar-refractivity contribution >= 4 is 39.6 Å². The van der Waals surface area contributed by atoms with Crippen LogP contribution in [-0.4, -0.2) is 60.9 Å². The number of ketones is 2. The van der Waals surface area contributed by atoms with Crippen LogP contribution >= 0.6 is 15.9 Å². The van der Waals surface area contributed by atoms with Gasteiger partial charge in [-0.15, -0.1) is 0 Å². The van der Waals surface area contributed by atoms with Crippen molar-refractivity contribution in [3.8, 4) is 0 Å². The molecule has 7 nitrogen and oxygen atoms in total. The summed E-state index contributed by atoms with van der Waals surface area (Å²) >= 11 is 3.51. The van der Waals surface area contributed by atoms with Crippen LogP contribution in [0.15, 0.2) is 86.9 Å². The number of amides is 1. The number of hydrogen-bond acceptors (Lipinski definition) is 6. The molecule has 3 N–H and O–H groups in total. The number of aryl methyl sites for hydroxylation is 1. The molecule has 358 valence electrons. The van der Waals surface area contributed by atoms with E-state index in [-0.39, 0.29) is 35.4 Å². The van der Waals surface area contributed by atoms with E-state index in [1.165, 1.54) is 68.9 Å². The van der Waals surface area contributed by atoms with Crippen molar-refractivity contribution in [3.05, 3.63) is 93.0 Å². The number of nitrogens with one attached hydrogen (secondary N) is 1. The summed E-state index contributed by atoms with van der Waals surface area (Å²) in [5.74, 6) is 0.617. The monoisotopic (exact) mass is 960 g/mol. The van der Waals surface area contributed by atoms with E-state index in [4.69, 9.17) is 5.73 Å². The summed E-state index contributed by atoms with van der Waals surface area (Å²) in [5, 5.41) is 2.38. The summed E-state index contributed by atoms with van der Waals surface area (Å²) in [7, 11) is 1.25. The third-order valence-corrected chi connectivity index (χ3v) is 10.4. The van der Waals surface area contributed by atoms with Gasteiger partial charge in [-0.3, -0.25) is 19.4 Å². The summed E-state index contributed by atoms with van der Waals surface area (Å²) in [6, 6.07) is 6.00. The van der Waals surface area contributed by atoms with Gasteiger partial charge in [0.25, 0.3) is 0 Å². The zero-order valence-corrected chi connectivity index (χ0v) is 41.5. The van der Waals surface area contributed by atoms with Crippen LogP contribution in [0.25, 0.3) is 0 Å². The summed E-state index contributed by atoms with van der Waals surface area (Å²) in [4.78, 5) is 37.8. The van der Waals surface area contributed by atoms with E-state index in [9.17, 15) is 40.7 Å². The Hall–Kier alpha value is -3.94. The SMILES string of the molecule is C/C=C(\C=C(\F)C(C)=O)C(/C=C(\N)C(F)(F)F)=NCC(C)(C)CCC.CC/C=C/C(=C\N(C)C(F)F)CC(NC=O)C(C)=O.CCC(C)C.CCC[C@@H]1CC1c1ccc(Br)cc1C. The van der Waals surface area contributed by atoms with E-state index < -0.39 is 36.1 Å². The lowest BCUT2D eigenvalue weighted by atomic mass is 9.88. The van der Waals surface area contributed by atoms with Gasteiger partial charge in [0, 0.05) is 37.6 Å². The van der Waals surface area contributed by atoms with Gasteiger partial charge in [0.2, 0.25) is 6.41 Å². The fourth-order valence-corrected chi connectivity index (χ4v) is 6.29. The first-order valence-corrected chi connectivity index (χ1v) is 22.5. The van der Waals surface area contributed by atoms with Crippen molar-refractivity contribution in [2.75, 3.05) is 13.6 Å². The molecular formula is C49H75BrF6N4O3. The van der Waals surface area contributed by atoms with Crippen LogP contribution in [0.1, 0.15) is 145 Å². The largest absolute Gasteiger partial charge is 0.430 e. The number of carbonyl (C=O) groups excluding carboxylic acids is 3. The Morgan fingerprint density at radius 2 is 1.67 bits per heavy atom. The summed E-state index contributed by atoms with van der Waals surface area (Å²) in [6.45, 7) is 20.5. The second-order valence-electron chi connectivity index (χ2n) is 16.8. The standard InChI is InChI=1S/C18H26F4N2O.C13H17Br.C13H20F2N2O2.C5H12/c1-6-8-17(4,5)11-24-15(10-16(23)18(20,21)22)13(7-2)9-14(19)12(3)25;1-3-4-10-8-13(10)12-6-5-11(14)7-9(12)2;1-4-5-6-11(8-17(3)13(14)15)7-12(10(2)19)16-9-18;1-4-5(2)3/h7,9-10H,6,8,11,23H2,1-5H3;5-7,10,13H,3-4,8H2,1-2H3;5-6,8-9,12-13H,4,7H2,1-3H3,(H,16,18);5H,4H2,1-3H3/b13-7+,14-9+,16-10-,24-15?;;6-5+,11-8+;/t;10-,13?;;/m.1../s1. The lowest BCUT2D eigenvalue weighted by Crippen LogP contribution is -2.34. The number of carbonyl (C=O) groups is 3. The van der Waals surface area contributed by atoms with Gasteiger partial charge in [0.05, 0.1) is 11.8 Å². The minimum atomic E-state index is -4.72. The number of Topliss-reactive ketones (excluding diaryl/α,β-unsaturated/α-hetero) is 2. The molecule has 0 heterocycles. The van der Waals surface area contributed by atoms with E-state index in [0.717, 1.165) is 54.9 Å². The van der Waals surface area contributed by atoms with Gasteiger partial charge in [-0.2, -0.15) is 22.0 Å². The van der Waals surface area contributed by atoms with Gasteiger partial charge in [0.15, 0.2) is 17.4 Å². The Balaban J connectivity index is 0. The first-order chi connectivity index (χ1) is 29.2. The quantitative estimate of drug-likeness (QED) is 0.0319. The number of halogens is 7. The smallest absolute Gasteiger partial charge is 0.395 e. The van der Waals surface area contributed by atoms with Gasteiger partial charge in [0.1, 0.15) is 5.70 Å². The van der Waals surface area contributed by atoms with Gasteiger partial charge in [-0.05, 0) is 110 Å². The van der Waals surface area contributed by atoms with Crippen molar-refractivity contribution in [1.82, 2.24) is 10.2 Å². The number of nitrogens with zero attached hydrogens (tertiary/aromatic N) is 2. The first kappa shape index (κ1) is 61.1. The molecule has 1 fully saturated rings. The Labute approximate surface area is 383 Å². The molecule has 0 aromatic heterocycles. The van der Waals surface area contributed by atoms with Gasteiger partial charge in [-0.1, -0.05) is 121 Å². The van der Waals surface area contributed by atoms with E-state index in [2.05, 4.69) is 79.1 Å². The number of benzene rings is 1. The minimum absolute atomic E-state index is 0.0622. The Morgan fingerprint density at radius 3 is 2.10 bits per heavy atom. The Kier molecular flexibility index (Phi) is 30.9. The molecule has 0 saturated heterocycles. The third kappa shape index (κ3) is 27.8. The molecule has 0 spiro atoms. The molecule has 14 heteroatoms. The average Bonchev–Trinajstić information content (AvgIpc) is 3.96. The molecule has 1 amide bonds. The van der Waals surface area contributed by atoms with Gasteiger partial charge >= 0.3 is 12.7 Å². The third-order valence-electron chi connectivity index (χ3n) is 9.92. The lowest BCUT2D eigenvalue weighted by Gasteiger charge is -2.22. The maximum Gasteiger partial charge on any atom is 0.430 e. The molecule has 1 aliphatic carbocycles. The molecule has 2 rings (SSSR count). The molecule has 63 heavy (non-hydrogen) atoms. The number of aliphatic imine (C=N–C) groups is 1. The number of nitrogens with two attached hydrogens (primary N) is 1. The highest BCUT2D eigenvalue weighted by Crippen LogP contribution is 2.51. The predicted octanol–water partition coefficient (Wildman–Crippen LogP) is 13.8. The zero-order valence-electron chi connectivity index (χ0n) is 39.9. The molecule has 2 unspecified atom stereocenters. The Morgan fingerprint density at radius 1 is 1.06 bits per heavy atom. The summed E-state index contributed by atoms with van der Waals surface area (Å²) in [6.07, 6.45) is 11.5. The average molecular weight is 962 g/mol. The van der Waals surface area contributed by atoms with Crippen LogP contribution in [-0.2, 0) is 14.4 Å². The van der Waals surface area contributed by atoms with E-state index >= 15 is 0 Å². The molecule has 1 saturated carbocycles. The second-order valence-corrected chi connectivity index (χ2v) is 17.7. The molecule has 1 aromatic rings. The summed E-state index contributed by atoms with van der Waals surface area (Å²) in [5.41, 5.74) is 7.04. The highest BCUT2D eigenvalue weighted by Gasteiger charge is 2.37. The highest BCUT2D eigenvalue weighted by molar-refractivity contribution is 9.10. The van der Waals surface area contributed by atoms with Crippen LogP contribution < -0.4 is 11.1 Å². The van der Waals surface area contributed by atoms with Crippen LogP contribution in [0.2, 0.25) is 0 Å². The lowest BCUT2D eigenvalue weighted by molar-refractivity contribution is -0.121. The molecule has 1 aliphatic rings. The van der Waals surface area contributed by atoms with E-state index in [0.29, 0.717) is 18.1 Å². The second kappa shape index (κ2) is 31.8. The van der Waals surface area contributed by atoms with Crippen molar-refractivity contribution in [2.24, 2.45) is 28.0 Å². The number of rotatable bonds is 21. The Bertz CT molecular complexity index is 1730. The zero-order chi connectivity index (χ0) is 49.1. The fraction of sp³-hybridized carbons (Fsp3) is 0.592. The number of hydrogen-bond donors (Lipinski definition) is 2. The molecule has 0 aliphatic heterocycles. The van der Waals surface area contributed by atoms with Crippen molar-refractivity contribution in [2.45, 2.75) is 159 Å². The molecule has 1 aromatic carbocycles. The molecule has 0 radical (unpaired) electrons. The normalized spacial score (nSPS) is 16.6. The predicted molar refractivity (Wildman–Crippen MR) is 252 cm³/mol. The van der Waals surface area contributed by atoms with Crippen molar-refractivity contribution in [1.29, 1.82) is 0 Å². The van der Waals surface area contributed by atoms with Crippen LogP contribution in [0.3, 0.4) is 0 Å². The summed E-state index contributed by atoms with van der Waals surface area (Å²) < 4.78 is 78.0. The topological polar surface area (TPSA) is 105 Å². The van der Waals surface area contributed by atoms with E-state index in [1.54, 1.807) is 11.6 Å². The van der Waals surface area contributed by atoms with Crippen LogP contribution in [0.5, 0.6) is 0 Å². The van der Waals surface area contributed by atoms with Gasteiger partial charge in [-0.25, -0.2) is 4.39 Å². The van der Waals surface area contributed by atoms with Crippen LogP contribution in [0.4, 0.5) is 26.3 Å². The van der Waals surface area contributed by atoms with E-state index in [1.807, 2.05) is 33.8 Å². The van der Waals surface area contributed by atoms with Gasteiger partial charge < -0.3 is 16.0 Å². The van der Waals surface area contributed by atoms with Crippen LogP contribution in [0, 0.1) is 24.2 Å². The van der Waals surface area contributed by atoms with Crippen molar-refractivity contribution in [3.63, 3.8) is 0 Å². The first-order valence-electron chi connectivity index (χ1n) is 21.7.